The SMILES string of the molecule is CN[C@@H](CCC(C)OC(C)(C)C)C(=O)N(C)C. The van der Waals surface area contributed by atoms with Crippen molar-refractivity contribution in [3.05, 3.63) is 0 Å². The van der Waals surface area contributed by atoms with Crippen LogP contribution in [-0.4, -0.2) is 49.7 Å². The van der Waals surface area contributed by atoms with Crippen molar-refractivity contribution in [1.29, 1.82) is 0 Å². The molecule has 0 aliphatic rings. The molecular weight excluding hydrogens is 216 g/mol. The maximum Gasteiger partial charge on any atom is 0.239 e. The summed E-state index contributed by atoms with van der Waals surface area (Å²) in [7, 11) is 5.38. The highest BCUT2D eigenvalue weighted by Crippen LogP contribution is 2.15. The van der Waals surface area contributed by atoms with Crippen molar-refractivity contribution in [3.8, 4) is 0 Å². The maximum absolute atomic E-state index is 11.8. The minimum Gasteiger partial charge on any atom is -0.373 e. The minimum atomic E-state index is -0.125. The summed E-state index contributed by atoms with van der Waals surface area (Å²) >= 11 is 0. The molecular formula is C13H28N2O2. The smallest absolute Gasteiger partial charge is 0.239 e. The number of carbonyl (C=O) groups is 1. The summed E-state index contributed by atoms with van der Waals surface area (Å²) in [6.45, 7) is 8.19. The number of amides is 1. The number of nitrogens with one attached hydrogen (secondary N) is 1. The molecule has 0 radical (unpaired) electrons. The van der Waals surface area contributed by atoms with Gasteiger partial charge in [0.1, 0.15) is 0 Å². The summed E-state index contributed by atoms with van der Waals surface area (Å²) in [6, 6.07) is -0.115. The average Bonchev–Trinajstić information content (AvgIpc) is 2.15. The van der Waals surface area contributed by atoms with Crippen LogP contribution < -0.4 is 5.32 Å². The van der Waals surface area contributed by atoms with Gasteiger partial charge in [-0.05, 0) is 47.6 Å². The van der Waals surface area contributed by atoms with Gasteiger partial charge in [-0.2, -0.15) is 0 Å². The molecule has 0 aromatic heterocycles. The van der Waals surface area contributed by atoms with Gasteiger partial charge < -0.3 is 15.0 Å². The topological polar surface area (TPSA) is 41.6 Å². The molecule has 0 bridgehead atoms. The van der Waals surface area contributed by atoms with Gasteiger partial charge >= 0.3 is 0 Å². The Bertz CT molecular complexity index is 234. The van der Waals surface area contributed by atoms with Gasteiger partial charge in [-0.25, -0.2) is 0 Å². The number of ether oxygens (including phenoxy) is 1. The highest BCUT2D eigenvalue weighted by molar-refractivity contribution is 5.81. The van der Waals surface area contributed by atoms with Crippen LogP contribution in [0.4, 0.5) is 0 Å². The van der Waals surface area contributed by atoms with Crippen molar-refractivity contribution in [3.63, 3.8) is 0 Å². The minimum absolute atomic E-state index is 0.115. The Morgan fingerprint density at radius 1 is 1.29 bits per heavy atom. The number of rotatable bonds is 6. The van der Waals surface area contributed by atoms with Crippen molar-refractivity contribution in [1.82, 2.24) is 10.2 Å². The first-order chi connectivity index (χ1) is 7.67. The zero-order valence-corrected chi connectivity index (χ0v) is 12.3. The van der Waals surface area contributed by atoms with E-state index < -0.39 is 0 Å². The predicted octanol–water partition coefficient (Wildman–Crippen LogP) is 1.65. The third-order valence-electron chi connectivity index (χ3n) is 2.50. The van der Waals surface area contributed by atoms with Crippen LogP contribution in [-0.2, 0) is 9.53 Å². The lowest BCUT2D eigenvalue weighted by atomic mass is 10.1. The lowest BCUT2D eigenvalue weighted by molar-refractivity contribution is -0.131. The number of likely N-dealkylation sites (N-methyl/N-ethyl adjacent to an activating group) is 2. The Labute approximate surface area is 106 Å². The van der Waals surface area contributed by atoms with Crippen LogP contribution in [0.25, 0.3) is 0 Å². The van der Waals surface area contributed by atoms with E-state index in [-0.39, 0.29) is 23.7 Å². The van der Waals surface area contributed by atoms with Gasteiger partial charge in [-0.1, -0.05) is 0 Å². The number of hydrogen-bond donors (Lipinski definition) is 1. The second kappa shape index (κ2) is 6.97. The molecule has 4 heteroatoms. The van der Waals surface area contributed by atoms with Gasteiger partial charge in [0, 0.05) is 14.1 Å². The molecule has 0 fully saturated rings. The summed E-state index contributed by atoms with van der Waals surface area (Å²) in [4.78, 5) is 13.4. The molecule has 0 aliphatic heterocycles. The van der Waals surface area contributed by atoms with Gasteiger partial charge in [0.2, 0.25) is 5.91 Å². The molecule has 2 atom stereocenters. The second-order valence-electron chi connectivity index (χ2n) is 5.69. The molecule has 1 amide bonds. The molecule has 1 unspecified atom stereocenters. The molecule has 0 rings (SSSR count). The molecule has 0 spiro atoms. The Hall–Kier alpha value is -0.610. The van der Waals surface area contributed by atoms with Crippen LogP contribution in [0.5, 0.6) is 0 Å². The zero-order valence-electron chi connectivity index (χ0n) is 12.3. The molecule has 4 nitrogen and oxygen atoms in total. The number of hydrogen-bond acceptors (Lipinski definition) is 3. The van der Waals surface area contributed by atoms with E-state index in [1.165, 1.54) is 0 Å². The van der Waals surface area contributed by atoms with Gasteiger partial charge in [0.15, 0.2) is 0 Å². The van der Waals surface area contributed by atoms with Crippen LogP contribution in [0.15, 0.2) is 0 Å². The molecule has 17 heavy (non-hydrogen) atoms. The molecule has 0 aliphatic carbocycles. The van der Waals surface area contributed by atoms with Crippen LogP contribution >= 0.6 is 0 Å². The van der Waals surface area contributed by atoms with Crippen LogP contribution in [0.3, 0.4) is 0 Å². The fraction of sp³-hybridized carbons (Fsp3) is 0.923. The molecule has 0 aromatic rings. The first kappa shape index (κ1) is 16.4. The van der Waals surface area contributed by atoms with Gasteiger partial charge in [-0.3, -0.25) is 4.79 Å². The molecule has 1 N–H and O–H groups in total. The summed E-state index contributed by atoms with van der Waals surface area (Å²) in [5, 5.41) is 3.05. The summed E-state index contributed by atoms with van der Waals surface area (Å²) < 4.78 is 5.82. The monoisotopic (exact) mass is 244 g/mol. The standard InChI is InChI=1S/C13H28N2O2/c1-10(17-13(2,3)4)8-9-11(14-5)12(16)15(6)7/h10-11,14H,8-9H2,1-7H3/t10?,11-/m0/s1. The van der Waals surface area contributed by atoms with E-state index in [0.717, 1.165) is 12.8 Å². The first-order valence-corrected chi connectivity index (χ1v) is 6.23. The quantitative estimate of drug-likeness (QED) is 0.772. The lowest BCUT2D eigenvalue weighted by Gasteiger charge is -2.26. The van der Waals surface area contributed by atoms with Crippen LogP contribution in [0.2, 0.25) is 0 Å². The molecule has 102 valence electrons. The second-order valence-corrected chi connectivity index (χ2v) is 5.69. The number of nitrogens with zero attached hydrogens (tertiary/aromatic N) is 1. The van der Waals surface area contributed by atoms with Crippen molar-refractivity contribution in [2.24, 2.45) is 0 Å². The molecule has 0 aromatic carbocycles. The Kier molecular flexibility index (Phi) is 6.72. The summed E-state index contributed by atoms with van der Waals surface area (Å²) in [5.41, 5.74) is -0.125. The molecule has 0 saturated carbocycles. The Balaban J connectivity index is 4.11. The van der Waals surface area contributed by atoms with Crippen LogP contribution in [0, 0.1) is 0 Å². The van der Waals surface area contributed by atoms with Gasteiger partial charge in [0.05, 0.1) is 17.7 Å². The fourth-order valence-corrected chi connectivity index (χ4v) is 1.77. The molecule has 0 saturated heterocycles. The first-order valence-electron chi connectivity index (χ1n) is 6.23. The van der Waals surface area contributed by atoms with Crippen molar-refractivity contribution in [2.45, 2.75) is 58.3 Å². The van der Waals surface area contributed by atoms with E-state index in [4.69, 9.17) is 4.74 Å². The third kappa shape index (κ3) is 7.34. The van der Waals surface area contributed by atoms with E-state index in [9.17, 15) is 4.79 Å². The third-order valence-corrected chi connectivity index (χ3v) is 2.50. The van der Waals surface area contributed by atoms with E-state index in [1.54, 1.807) is 19.0 Å². The lowest BCUT2D eigenvalue weighted by Crippen LogP contribution is -2.42. The largest absolute Gasteiger partial charge is 0.373 e. The zero-order chi connectivity index (χ0) is 13.6. The van der Waals surface area contributed by atoms with Crippen LogP contribution in [0.1, 0.15) is 40.5 Å². The Morgan fingerprint density at radius 2 is 1.82 bits per heavy atom. The fourth-order valence-electron chi connectivity index (χ4n) is 1.77. The van der Waals surface area contributed by atoms with E-state index in [2.05, 4.69) is 12.2 Å². The van der Waals surface area contributed by atoms with Gasteiger partial charge in [0.25, 0.3) is 0 Å². The van der Waals surface area contributed by atoms with Crippen molar-refractivity contribution < 1.29 is 9.53 Å². The summed E-state index contributed by atoms with van der Waals surface area (Å²) in [5.74, 6) is 0.121. The van der Waals surface area contributed by atoms with Crippen molar-refractivity contribution >= 4 is 5.91 Å². The van der Waals surface area contributed by atoms with Gasteiger partial charge in [-0.15, -0.1) is 0 Å². The predicted molar refractivity (Wildman–Crippen MR) is 71.1 cm³/mol. The highest BCUT2D eigenvalue weighted by atomic mass is 16.5. The Morgan fingerprint density at radius 3 is 2.18 bits per heavy atom. The van der Waals surface area contributed by atoms with E-state index in [1.807, 2.05) is 27.8 Å². The maximum atomic E-state index is 11.8. The normalized spacial score (nSPS) is 15.5. The van der Waals surface area contributed by atoms with E-state index >= 15 is 0 Å². The molecule has 0 heterocycles. The van der Waals surface area contributed by atoms with E-state index in [0.29, 0.717) is 0 Å². The highest BCUT2D eigenvalue weighted by Gasteiger charge is 2.21. The summed E-state index contributed by atoms with van der Waals surface area (Å²) in [6.07, 6.45) is 1.84. The van der Waals surface area contributed by atoms with Crippen molar-refractivity contribution in [2.75, 3.05) is 21.1 Å². The average molecular weight is 244 g/mol. The number of carbonyl (C=O) groups excluding carboxylic acids is 1.